The highest BCUT2D eigenvalue weighted by Crippen LogP contribution is 2.28. The molecule has 1 saturated carbocycles. The molecule has 37 heavy (non-hydrogen) atoms. The largest absolute Gasteiger partial charge is 0.352 e. The molecule has 2 aromatic rings. The number of nitro benzene ring substituents is 1. The fourth-order valence-corrected chi connectivity index (χ4v) is 5.42. The highest BCUT2D eigenvalue weighted by molar-refractivity contribution is 7.92. The van der Waals surface area contributed by atoms with Gasteiger partial charge in [0.15, 0.2) is 0 Å². The van der Waals surface area contributed by atoms with E-state index in [1.807, 2.05) is 31.2 Å². The summed E-state index contributed by atoms with van der Waals surface area (Å²) in [7, 11) is -3.99. The smallest absolute Gasteiger partial charge is 0.271 e. The molecule has 0 saturated heterocycles. The van der Waals surface area contributed by atoms with Gasteiger partial charge in [-0.25, -0.2) is 8.42 Å². The van der Waals surface area contributed by atoms with Crippen molar-refractivity contribution in [1.82, 2.24) is 10.2 Å². The van der Waals surface area contributed by atoms with Crippen LogP contribution in [0, 0.1) is 24.0 Å². The molecule has 0 aliphatic heterocycles. The van der Waals surface area contributed by atoms with Crippen LogP contribution in [0.4, 0.5) is 11.4 Å². The minimum absolute atomic E-state index is 0.0453. The lowest BCUT2D eigenvalue weighted by Gasteiger charge is -2.32. The van der Waals surface area contributed by atoms with Gasteiger partial charge in [-0.1, -0.05) is 43.2 Å². The number of nitrogens with one attached hydrogen (secondary N) is 1. The average molecular weight is 531 g/mol. The zero-order chi connectivity index (χ0) is 27.3. The molecule has 1 atom stereocenters. The summed E-state index contributed by atoms with van der Waals surface area (Å²) in [5, 5.41) is 14.3. The van der Waals surface area contributed by atoms with Crippen molar-refractivity contribution >= 4 is 33.2 Å². The van der Waals surface area contributed by atoms with Crippen LogP contribution >= 0.6 is 0 Å². The number of carbonyl (C=O) groups excluding carboxylic acids is 2. The molecule has 2 aromatic carbocycles. The predicted octanol–water partition coefficient (Wildman–Crippen LogP) is 3.45. The number of aryl methyl sites for hydroxylation is 2. The molecule has 1 aliphatic carbocycles. The maximum absolute atomic E-state index is 13.7. The zero-order valence-electron chi connectivity index (χ0n) is 21.6. The van der Waals surface area contributed by atoms with Crippen molar-refractivity contribution in [2.24, 2.45) is 0 Å². The van der Waals surface area contributed by atoms with Crippen LogP contribution in [0.25, 0.3) is 0 Å². The van der Waals surface area contributed by atoms with Gasteiger partial charge in [0.25, 0.3) is 5.69 Å². The van der Waals surface area contributed by atoms with E-state index in [4.69, 9.17) is 0 Å². The summed E-state index contributed by atoms with van der Waals surface area (Å²) in [5.74, 6) is -0.889. The number of anilines is 1. The van der Waals surface area contributed by atoms with Crippen molar-refractivity contribution in [1.29, 1.82) is 0 Å². The molecule has 11 heteroatoms. The zero-order valence-corrected chi connectivity index (χ0v) is 22.5. The lowest BCUT2D eigenvalue weighted by molar-refractivity contribution is -0.384. The van der Waals surface area contributed by atoms with Crippen LogP contribution in [0.1, 0.15) is 49.3 Å². The third-order valence-electron chi connectivity index (χ3n) is 6.82. The minimum Gasteiger partial charge on any atom is -0.352 e. The van der Waals surface area contributed by atoms with E-state index < -0.39 is 33.4 Å². The van der Waals surface area contributed by atoms with Crippen LogP contribution in [0.3, 0.4) is 0 Å². The first-order valence-corrected chi connectivity index (χ1v) is 14.1. The first-order valence-electron chi connectivity index (χ1n) is 12.3. The Balaban J connectivity index is 1.95. The number of rotatable bonds is 10. The molecule has 1 aliphatic rings. The van der Waals surface area contributed by atoms with Gasteiger partial charge in [-0.05, 0) is 50.3 Å². The van der Waals surface area contributed by atoms with Crippen LogP contribution in [-0.2, 0) is 26.2 Å². The van der Waals surface area contributed by atoms with Gasteiger partial charge in [0, 0.05) is 24.7 Å². The number of nitro groups is 1. The topological polar surface area (TPSA) is 130 Å². The summed E-state index contributed by atoms with van der Waals surface area (Å²) in [6.45, 7) is 4.65. The highest BCUT2D eigenvalue weighted by Gasteiger charge is 2.32. The summed E-state index contributed by atoms with van der Waals surface area (Å²) in [6.07, 6.45) is 4.80. The Kier molecular flexibility index (Phi) is 8.90. The molecular weight excluding hydrogens is 496 g/mol. The van der Waals surface area contributed by atoms with E-state index in [0.717, 1.165) is 53.4 Å². The Bertz CT molecular complexity index is 1270. The number of amides is 2. The molecule has 10 nitrogen and oxygen atoms in total. The van der Waals surface area contributed by atoms with Gasteiger partial charge in [0.1, 0.15) is 12.6 Å². The van der Waals surface area contributed by atoms with Crippen LogP contribution in [0.2, 0.25) is 0 Å². The van der Waals surface area contributed by atoms with E-state index >= 15 is 0 Å². The van der Waals surface area contributed by atoms with Crippen molar-refractivity contribution < 1.29 is 22.9 Å². The fraction of sp³-hybridized carbons (Fsp3) is 0.462. The maximum Gasteiger partial charge on any atom is 0.271 e. The SMILES string of the molecule is Cc1ccccc1CN(C(=O)CN(c1cc([N+](=O)[O-])ccc1C)S(C)(=O)=O)C(C)C(=O)NC1CCCC1. The average Bonchev–Trinajstić information content (AvgIpc) is 3.34. The Hall–Kier alpha value is -3.47. The quantitative estimate of drug-likeness (QED) is 0.370. The molecule has 1 fully saturated rings. The molecule has 0 radical (unpaired) electrons. The summed E-state index contributed by atoms with van der Waals surface area (Å²) in [5.41, 5.74) is 1.97. The first-order chi connectivity index (χ1) is 17.4. The number of carbonyl (C=O) groups is 2. The third-order valence-corrected chi connectivity index (χ3v) is 7.95. The minimum atomic E-state index is -3.99. The van der Waals surface area contributed by atoms with Crippen molar-refractivity contribution in [2.75, 3.05) is 17.1 Å². The maximum atomic E-state index is 13.7. The van der Waals surface area contributed by atoms with Gasteiger partial charge < -0.3 is 10.2 Å². The molecule has 0 heterocycles. The van der Waals surface area contributed by atoms with Crippen molar-refractivity contribution in [3.63, 3.8) is 0 Å². The summed E-state index contributed by atoms with van der Waals surface area (Å²) in [6, 6.07) is 10.5. The lowest BCUT2D eigenvalue weighted by atomic mass is 10.1. The van der Waals surface area contributed by atoms with E-state index in [-0.39, 0.29) is 29.9 Å². The molecular formula is C26H34N4O6S. The summed E-state index contributed by atoms with van der Waals surface area (Å²) < 4.78 is 26.4. The third kappa shape index (κ3) is 7.06. The van der Waals surface area contributed by atoms with Gasteiger partial charge in [0.2, 0.25) is 21.8 Å². The van der Waals surface area contributed by atoms with E-state index in [9.17, 15) is 28.1 Å². The number of non-ortho nitro benzene ring substituents is 1. The molecule has 3 rings (SSSR count). The van der Waals surface area contributed by atoms with Crippen LogP contribution < -0.4 is 9.62 Å². The van der Waals surface area contributed by atoms with E-state index in [0.29, 0.717) is 5.56 Å². The van der Waals surface area contributed by atoms with E-state index in [1.54, 1.807) is 13.8 Å². The number of hydrogen-bond acceptors (Lipinski definition) is 6. The fourth-order valence-electron chi connectivity index (χ4n) is 4.52. The molecule has 1 unspecified atom stereocenters. The Morgan fingerprint density at radius 3 is 2.35 bits per heavy atom. The lowest BCUT2D eigenvalue weighted by Crippen LogP contribution is -2.52. The second-order valence-corrected chi connectivity index (χ2v) is 11.5. The Morgan fingerprint density at radius 1 is 1.11 bits per heavy atom. The van der Waals surface area contributed by atoms with Crippen molar-refractivity contribution in [3.8, 4) is 0 Å². The van der Waals surface area contributed by atoms with Gasteiger partial charge >= 0.3 is 0 Å². The summed E-state index contributed by atoms with van der Waals surface area (Å²) in [4.78, 5) is 38.9. The monoisotopic (exact) mass is 530 g/mol. The number of hydrogen-bond donors (Lipinski definition) is 1. The number of sulfonamides is 1. The summed E-state index contributed by atoms with van der Waals surface area (Å²) >= 11 is 0. The van der Waals surface area contributed by atoms with Gasteiger partial charge in [-0.3, -0.25) is 24.0 Å². The van der Waals surface area contributed by atoms with Crippen LogP contribution in [-0.4, -0.2) is 54.9 Å². The van der Waals surface area contributed by atoms with E-state index in [1.165, 1.54) is 17.0 Å². The Morgan fingerprint density at radius 2 is 1.76 bits per heavy atom. The van der Waals surface area contributed by atoms with Crippen LogP contribution in [0.15, 0.2) is 42.5 Å². The molecule has 200 valence electrons. The van der Waals surface area contributed by atoms with Gasteiger partial charge in [-0.15, -0.1) is 0 Å². The molecule has 1 N–H and O–H groups in total. The highest BCUT2D eigenvalue weighted by atomic mass is 32.2. The van der Waals surface area contributed by atoms with Crippen molar-refractivity contribution in [2.45, 2.75) is 65.1 Å². The van der Waals surface area contributed by atoms with Gasteiger partial charge in [-0.2, -0.15) is 0 Å². The normalized spacial score (nSPS) is 14.7. The second-order valence-electron chi connectivity index (χ2n) is 9.61. The van der Waals surface area contributed by atoms with Crippen molar-refractivity contribution in [3.05, 3.63) is 69.3 Å². The molecule has 2 amide bonds. The first kappa shape index (κ1) is 28.1. The standard InChI is InChI=1S/C26H34N4O6S/c1-18-9-5-6-10-21(18)16-28(20(3)26(32)27-22-11-7-8-12-22)25(31)17-29(37(4,35)36)24-15-23(30(33)34)14-13-19(24)2/h5-6,9-10,13-15,20,22H,7-8,11-12,16-17H2,1-4H3,(H,27,32). The van der Waals surface area contributed by atoms with E-state index in [2.05, 4.69) is 5.32 Å². The van der Waals surface area contributed by atoms with Gasteiger partial charge in [0.05, 0.1) is 16.9 Å². The second kappa shape index (κ2) is 11.7. The predicted molar refractivity (Wildman–Crippen MR) is 142 cm³/mol. The number of nitrogens with zero attached hydrogens (tertiary/aromatic N) is 3. The van der Waals surface area contributed by atoms with Crippen LogP contribution in [0.5, 0.6) is 0 Å². The molecule has 0 aromatic heterocycles. The molecule has 0 spiro atoms. The Labute approximate surface area is 217 Å². The number of benzene rings is 2. The molecule has 0 bridgehead atoms.